The van der Waals surface area contributed by atoms with Crippen LogP contribution in [0.1, 0.15) is 44.9 Å². The molecule has 2 fully saturated rings. The molecule has 1 heterocycles. The van der Waals surface area contributed by atoms with Gasteiger partial charge < -0.3 is 15.3 Å². The number of carboxylic acid groups (broad SMARTS) is 1. The molecule has 1 atom stereocenters. The Kier molecular flexibility index (Phi) is 5.59. The van der Waals surface area contributed by atoms with E-state index in [1.807, 2.05) is 0 Å². The second-order valence-electron chi connectivity index (χ2n) is 6.04. The molecule has 118 valence electrons. The van der Waals surface area contributed by atoms with E-state index in [2.05, 4.69) is 5.32 Å². The highest BCUT2D eigenvalue weighted by atomic mass is 16.4. The normalized spacial score (nSPS) is 23.0. The van der Waals surface area contributed by atoms with Crippen LogP contribution < -0.4 is 5.32 Å². The maximum Gasteiger partial charge on any atom is 0.308 e. The molecule has 6 heteroatoms. The van der Waals surface area contributed by atoms with Crippen molar-refractivity contribution in [2.45, 2.75) is 44.9 Å². The van der Waals surface area contributed by atoms with Crippen LogP contribution in [0.3, 0.4) is 0 Å². The summed E-state index contributed by atoms with van der Waals surface area (Å²) in [5.41, 5.74) is 0. The van der Waals surface area contributed by atoms with Gasteiger partial charge in [0.15, 0.2) is 0 Å². The van der Waals surface area contributed by atoms with E-state index < -0.39 is 11.9 Å². The number of likely N-dealkylation sites (tertiary alicyclic amines) is 1. The third kappa shape index (κ3) is 4.44. The van der Waals surface area contributed by atoms with E-state index in [0.717, 1.165) is 32.1 Å². The van der Waals surface area contributed by atoms with Crippen molar-refractivity contribution in [1.29, 1.82) is 0 Å². The lowest BCUT2D eigenvalue weighted by atomic mass is 9.98. The molecule has 1 aliphatic heterocycles. The number of carbonyl (C=O) groups is 3. The topological polar surface area (TPSA) is 86.7 Å². The fraction of sp³-hybridized carbons (Fsp3) is 0.800. The van der Waals surface area contributed by atoms with E-state index in [-0.39, 0.29) is 24.2 Å². The highest BCUT2D eigenvalue weighted by Crippen LogP contribution is 2.24. The molecule has 0 spiro atoms. The van der Waals surface area contributed by atoms with Gasteiger partial charge in [-0.2, -0.15) is 0 Å². The van der Waals surface area contributed by atoms with Crippen molar-refractivity contribution in [2.24, 2.45) is 11.8 Å². The van der Waals surface area contributed by atoms with E-state index in [4.69, 9.17) is 5.11 Å². The second kappa shape index (κ2) is 7.43. The summed E-state index contributed by atoms with van der Waals surface area (Å²) in [5.74, 6) is -1.17. The number of carboxylic acids is 1. The van der Waals surface area contributed by atoms with Gasteiger partial charge in [-0.25, -0.2) is 0 Å². The van der Waals surface area contributed by atoms with Crippen molar-refractivity contribution in [3.8, 4) is 0 Å². The molecule has 0 aromatic heterocycles. The third-order valence-corrected chi connectivity index (χ3v) is 4.49. The Morgan fingerprint density at radius 2 is 1.71 bits per heavy atom. The Morgan fingerprint density at radius 1 is 1.05 bits per heavy atom. The molecule has 0 bridgehead atoms. The van der Waals surface area contributed by atoms with Gasteiger partial charge >= 0.3 is 5.97 Å². The zero-order valence-electron chi connectivity index (χ0n) is 12.3. The Morgan fingerprint density at radius 3 is 2.38 bits per heavy atom. The smallest absolute Gasteiger partial charge is 0.308 e. The largest absolute Gasteiger partial charge is 0.481 e. The fourth-order valence-corrected chi connectivity index (χ4v) is 3.19. The van der Waals surface area contributed by atoms with Crippen LogP contribution in [0.15, 0.2) is 0 Å². The second-order valence-corrected chi connectivity index (χ2v) is 6.04. The number of carbonyl (C=O) groups excluding carboxylic acids is 2. The van der Waals surface area contributed by atoms with Crippen molar-refractivity contribution in [1.82, 2.24) is 10.2 Å². The Bertz CT molecular complexity index is 404. The van der Waals surface area contributed by atoms with Crippen LogP contribution in [0.25, 0.3) is 0 Å². The molecular formula is C15H24N2O4. The summed E-state index contributed by atoms with van der Waals surface area (Å²) in [6.45, 7) is 1.27. The number of hydrogen-bond acceptors (Lipinski definition) is 3. The maximum atomic E-state index is 12.1. The molecule has 2 amide bonds. The van der Waals surface area contributed by atoms with E-state index in [9.17, 15) is 14.4 Å². The van der Waals surface area contributed by atoms with Crippen LogP contribution in [0.4, 0.5) is 0 Å². The SMILES string of the molecule is O=C(NCCC(=O)N1CCC[C@H](C(=O)O)C1)C1CCCC1. The molecule has 2 N–H and O–H groups in total. The predicted octanol–water partition coefficient (Wildman–Crippen LogP) is 1.01. The molecule has 0 aromatic carbocycles. The molecule has 2 rings (SSSR count). The summed E-state index contributed by atoms with van der Waals surface area (Å²) in [6, 6.07) is 0. The monoisotopic (exact) mass is 296 g/mol. The van der Waals surface area contributed by atoms with Crippen molar-refractivity contribution in [3.63, 3.8) is 0 Å². The summed E-state index contributed by atoms with van der Waals surface area (Å²) in [6.07, 6.45) is 5.75. The van der Waals surface area contributed by atoms with Crippen molar-refractivity contribution in [3.05, 3.63) is 0 Å². The van der Waals surface area contributed by atoms with Gasteiger partial charge in [0.2, 0.25) is 11.8 Å². The summed E-state index contributed by atoms with van der Waals surface area (Å²) < 4.78 is 0. The minimum atomic E-state index is -0.831. The van der Waals surface area contributed by atoms with Crippen LogP contribution >= 0.6 is 0 Å². The highest BCUT2D eigenvalue weighted by Gasteiger charge is 2.28. The number of hydrogen-bond donors (Lipinski definition) is 2. The van der Waals surface area contributed by atoms with Gasteiger partial charge in [-0.05, 0) is 25.7 Å². The standard InChI is InChI=1S/C15H24N2O4/c18-13(17-9-3-6-12(10-17)15(20)21)7-8-16-14(19)11-4-1-2-5-11/h11-12H,1-10H2,(H,16,19)(H,20,21)/t12-/m0/s1. The van der Waals surface area contributed by atoms with E-state index in [0.29, 0.717) is 26.1 Å². The lowest BCUT2D eigenvalue weighted by Gasteiger charge is -2.30. The minimum absolute atomic E-state index is 0.0577. The van der Waals surface area contributed by atoms with Gasteiger partial charge in [0.25, 0.3) is 0 Å². The van der Waals surface area contributed by atoms with Gasteiger partial charge in [-0.15, -0.1) is 0 Å². The molecule has 0 radical (unpaired) electrons. The number of nitrogens with zero attached hydrogens (tertiary/aromatic N) is 1. The van der Waals surface area contributed by atoms with Gasteiger partial charge in [0.1, 0.15) is 0 Å². The van der Waals surface area contributed by atoms with Crippen LogP contribution in [0.5, 0.6) is 0 Å². The Labute approximate surface area is 124 Å². The predicted molar refractivity (Wildman–Crippen MR) is 76.5 cm³/mol. The quantitative estimate of drug-likeness (QED) is 0.792. The summed E-state index contributed by atoms with van der Waals surface area (Å²) in [4.78, 5) is 36.5. The Hall–Kier alpha value is -1.59. The van der Waals surface area contributed by atoms with Crippen molar-refractivity contribution < 1.29 is 19.5 Å². The van der Waals surface area contributed by atoms with E-state index in [1.165, 1.54) is 0 Å². The van der Waals surface area contributed by atoms with E-state index >= 15 is 0 Å². The van der Waals surface area contributed by atoms with Crippen molar-refractivity contribution in [2.75, 3.05) is 19.6 Å². The van der Waals surface area contributed by atoms with Crippen molar-refractivity contribution >= 4 is 17.8 Å². The average molecular weight is 296 g/mol. The average Bonchev–Trinajstić information content (AvgIpc) is 3.01. The van der Waals surface area contributed by atoms with Gasteiger partial charge in [0.05, 0.1) is 5.92 Å². The number of nitrogens with one attached hydrogen (secondary N) is 1. The summed E-state index contributed by atoms with van der Waals surface area (Å²) in [5, 5.41) is 11.8. The highest BCUT2D eigenvalue weighted by molar-refractivity contribution is 5.81. The maximum absolute atomic E-state index is 12.1. The molecular weight excluding hydrogens is 272 g/mol. The number of piperidine rings is 1. The fourth-order valence-electron chi connectivity index (χ4n) is 3.19. The molecule has 1 saturated heterocycles. The van der Waals surface area contributed by atoms with Gasteiger partial charge in [0, 0.05) is 32.0 Å². The molecule has 1 saturated carbocycles. The molecule has 0 aromatic rings. The van der Waals surface area contributed by atoms with Gasteiger partial charge in [-0.1, -0.05) is 12.8 Å². The van der Waals surface area contributed by atoms with E-state index in [1.54, 1.807) is 4.90 Å². The van der Waals surface area contributed by atoms with Crippen LogP contribution in [0, 0.1) is 11.8 Å². The number of rotatable bonds is 5. The molecule has 2 aliphatic rings. The first-order valence-corrected chi connectivity index (χ1v) is 7.86. The summed E-state index contributed by atoms with van der Waals surface area (Å²) >= 11 is 0. The molecule has 0 unspecified atom stereocenters. The van der Waals surface area contributed by atoms with Crippen LogP contribution in [-0.4, -0.2) is 47.4 Å². The lowest BCUT2D eigenvalue weighted by molar-refractivity contribution is -0.145. The lowest BCUT2D eigenvalue weighted by Crippen LogP contribution is -2.43. The number of aliphatic carboxylic acids is 1. The first-order chi connectivity index (χ1) is 10.1. The zero-order chi connectivity index (χ0) is 15.2. The van der Waals surface area contributed by atoms with Crippen LogP contribution in [0.2, 0.25) is 0 Å². The minimum Gasteiger partial charge on any atom is -0.481 e. The molecule has 6 nitrogen and oxygen atoms in total. The molecule has 1 aliphatic carbocycles. The third-order valence-electron chi connectivity index (χ3n) is 4.49. The molecule has 21 heavy (non-hydrogen) atoms. The zero-order valence-corrected chi connectivity index (χ0v) is 12.3. The number of amides is 2. The van der Waals surface area contributed by atoms with Gasteiger partial charge in [-0.3, -0.25) is 14.4 Å². The summed E-state index contributed by atoms with van der Waals surface area (Å²) in [7, 11) is 0. The first kappa shape index (κ1) is 15.8. The van der Waals surface area contributed by atoms with Crippen LogP contribution in [-0.2, 0) is 14.4 Å². The Balaban J connectivity index is 1.69. The first-order valence-electron chi connectivity index (χ1n) is 7.86.